The summed E-state index contributed by atoms with van der Waals surface area (Å²) >= 11 is 0. The number of hydrogen-bond donors (Lipinski definition) is 1. The molecule has 0 amide bonds. The van der Waals surface area contributed by atoms with Gasteiger partial charge in [0.1, 0.15) is 17.1 Å². The molecule has 0 aliphatic heterocycles. The third-order valence-electron chi connectivity index (χ3n) is 6.90. The molecule has 1 saturated carbocycles. The van der Waals surface area contributed by atoms with Crippen LogP contribution in [0.4, 0.5) is 19.0 Å². The predicted octanol–water partition coefficient (Wildman–Crippen LogP) is 4.91. The number of nitrogens with zero attached hydrogens (tertiary/aromatic N) is 8. The highest BCUT2D eigenvalue weighted by molar-refractivity contribution is 5.93. The molecular weight excluding hydrogens is 499 g/mol. The van der Waals surface area contributed by atoms with E-state index in [0.29, 0.717) is 37.2 Å². The monoisotopic (exact) mass is 527 g/mol. The van der Waals surface area contributed by atoms with Gasteiger partial charge in [-0.1, -0.05) is 0 Å². The number of hydrogen-bond acceptors (Lipinski definition) is 7. The second-order valence-electron chi connectivity index (χ2n) is 10.0. The molecule has 5 rings (SSSR count). The molecule has 1 aliphatic carbocycles. The number of aryl methyl sites for hydroxylation is 1. The van der Waals surface area contributed by atoms with E-state index in [4.69, 9.17) is 9.84 Å². The Bertz CT molecular complexity index is 1500. The van der Waals surface area contributed by atoms with Crippen LogP contribution < -0.4 is 10.1 Å². The zero-order valence-electron chi connectivity index (χ0n) is 21.5. The molecule has 1 fully saturated rings. The fourth-order valence-corrected chi connectivity index (χ4v) is 4.80. The van der Waals surface area contributed by atoms with Gasteiger partial charge in [-0.15, -0.1) is 0 Å². The van der Waals surface area contributed by atoms with E-state index in [2.05, 4.69) is 26.6 Å². The topological polar surface area (TPSA) is 111 Å². The Morgan fingerprint density at radius 2 is 1.84 bits per heavy atom. The number of alkyl halides is 3. The molecule has 38 heavy (non-hydrogen) atoms. The highest BCUT2D eigenvalue weighted by atomic mass is 19.4. The predicted molar refractivity (Wildman–Crippen MR) is 133 cm³/mol. The van der Waals surface area contributed by atoms with Gasteiger partial charge in [0.25, 0.3) is 0 Å². The van der Waals surface area contributed by atoms with Gasteiger partial charge in [0.05, 0.1) is 36.1 Å². The summed E-state index contributed by atoms with van der Waals surface area (Å²) in [5.74, 6) is 0.456. The average Bonchev–Trinajstić information content (AvgIpc) is 3.61. The van der Waals surface area contributed by atoms with Gasteiger partial charge in [0.15, 0.2) is 5.75 Å². The minimum absolute atomic E-state index is 0.0276. The molecule has 200 valence electrons. The number of halogens is 3. The van der Waals surface area contributed by atoms with Crippen LogP contribution in [0.2, 0.25) is 0 Å². The van der Waals surface area contributed by atoms with Gasteiger partial charge in [0, 0.05) is 43.5 Å². The number of ether oxygens (including phenoxy) is 1. The lowest BCUT2D eigenvalue weighted by molar-refractivity contribution is -0.143. The van der Waals surface area contributed by atoms with Crippen molar-refractivity contribution in [1.29, 1.82) is 5.26 Å². The first-order valence-corrected chi connectivity index (χ1v) is 12.3. The van der Waals surface area contributed by atoms with E-state index < -0.39 is 17.4 Å². The van der Waals surface area contributed by atoms with E-state index in [-0.39, 0.29) is 17.9 Å². The largest absolute Gasteiger partial charge is 0.486 e. The third kappa shape index (κ3) is 4.66. The molecule has 4 aromatic heterocycles. The Kier molecular flexibility index (Phi) is 6.28. The highest BCUT2D eigenvalue weighted by Crippen LogP contribution is 2.39. The number of nitrogens with one attached hydrogen (secondary N) is 1. The SMILES string of the molecule is CNc1cc2c(cn1)c(-c1cnn(C(C)(C)C#N)c1)nn2C1CCC(Oc2cn(C)nc2C(F)(F)F)CC1. The standard InChI is InChI=1S/C25H28F3N9O/c1-24(2,14-29)36-12-15(10-32-36)22-18-11-31-21(30-3)9-19(18)37(33-22)16-5-7-17(8-6-16)38-20-13-35(4)34-23(20)25(26,27)28/h9-13,16-17H,5-8H2,1-4H3,(H,30,31). The molecule has 10 nitrogen and oxygen atoms in total. The molecule has 0 radical (unpaired) electrons. The molecule has 0 bridgehead atoms. The number of rotatable bonds is 6. The van der Waals surface area contributed by atoms with E-state index in [1.165, 1.54) is 13.2 Å². The van der Waals surface area contributed by atoms with Crippen LogP contribution in [0.15, 0.2) is 30.9 Å². The molecule has 0 atom stereocenters. The van der Waals surface area contributed by atoms with Crippen molar-refractivity contribution in [3.05, 3.63) is 36.5 Å². The quantitative estimate of drug-likeness (QED) is 0.379. The smallest absolute Gasteiger partial charge is 0.438 e. The van der Waals surface area contributed by atoms with Crippen LogP contribution in [0.25, 0.3) is 22.2 Å². The molecule has 4 aromatic rings. The minimum atomic E-state index is -4.58. The number of nitriles is 1. The maximum atomic E-state index is 13.3. The second-order valence-corrected chi connectivity index (χ2v) is 10.0. The number of aromatic nitrogens is 7. The molecule has 1 N–H and O–H groups in total. The van der Waals surface area contributed by atoms with Crippen LogP contribution in [0, 0.1) is 11.3 Å². The summed E-state index contributed by atoms with van der Waals surface area (Å²) in [6.07, 6.45) is 4.11. The van der Waals surface area contributed by atoms with Crippen molar-refractivity contribution in [2.45, 2.75) is 63.4 Å². The maximum absolute atomic E-state index is 13.3. The Balaban J connectivity index is 1.41. The molecule has 4 heterocycles. The Morgan fingerprint density at radius 1 is 1.11 bits per heavy atom. The lowest BCUT2D eigenvalue weighted by Gasteiger charge is -2.29. The Hall–Kier alpha value is -4.08. The highest BCUT2D eigenvalue weighted by Gasteiger charge is 2.39. The lowest BCUT2D eigenvalue weighted by Crippen LogP contribution is -2.27. The maximum Gasteiger partial charge on any atom is 0.438 e. The first kappa shape index (κ1) is 25.6. The molecule has 13 heteroatoms. The van der Waals surface area contributed by atoms with Gasteiger partial charge in [-0.3, -0.25) is 14.0 Å². The number of pyridine rings is 1. The molecule has 0 aromatic carbocycles. The number of fused-ring (bicyclic) bond motifs is 1. The van der Waals surface area contributed by atoms with E-state index >= 15 is 0 Å². The number of anilines is 1. The fourth-order valence-electron chi connectivity index (χ4n) is 4.80. The summed E-state index contributed by atoms with van der Waals surface area (Å²) in [5, 5.41) is 26.3. The van der Waals surface area contributed by atoms with Crippen molar-refractivity contribution >= 4 is 16.7 Å². The van der Waals surface area contributed by atoms with Gasteiger partial charge >= 0.3 is 6.18 Å². The van der Waals surface area contributed by atoms with Crippen LogP contribution in [0.3, 0.4) is 0 Å². The van der Waals surface area contributed by atoms with Gasteiger partial charge in [-0.25, -0.2) is 4.98 Å². The minimum Gasteiger partial charge on any atom is -0.486 e. The van der Waals surface area contributed by atoms with Crippen LogP contribution in [-0.2, 0) is 18.8 Å². The van der Waals surface area contributed by atoms with Crippen molar-refractivity contribution in [1.82, 2.24) is 34.3 Å². The summed E-state index contributed by atoms with van der Waals surface area (Å²) in [6.45, 7) is 3.57. The lowest BCUT2D eigenvalue weighted by atomic mass is 9.93. The summed E-state index contributed by atoms with van der Waals surface area (Å²) in [6, 6.07) is 4.20. The fraction of sp³-hybridized carbons (Fsp3) is 0.480. The van der Waals surface area contributed by atoms with Gasteiger partial charge in [-0.05, 0) is 39.5 Å². The van der Waals surface area contributed by atoms with Gasteiger partial charge in [0.2, 0.25) is 5.69 Å². The van der Waals surface area contributed by atoms with E-state index in [1.54, 1.807) is 44.2 Å². The first-order valence-electron chi connectivity index (χ1n) is 12.3. The summed E-state index contributed by atoms with van der Waals surface area (Å²) < 4.78 is 50.5. The second kappa shape index (κ2) is 9.34. The van der Waals surface area contributed by atoms with Crippen molar-refractivity contribution < 1.29 is 17.9 Å². The average molecular weight is 528 g/mol. The van der Waals surface area contributed by atoms with Gasteiger partial charge in [-0.2, -0.15) is 33.7 Å². The molecular formula is C25H28F3N9O. The molecule has 0 spiro atoms. The van der Waals surface area contributed by atoms with Crippen LogP contribution in [0.1, 0.15) is 51.3 Å². The van der Waals surface area contributed by atoms with Crippen molar-refractivity contribution in [3.63, 3.8) is 0 Å². The van der Waals surface area contributed by atoms with Crippen molar-refractivity contribution in [2.24, 2.45) is 7.05 Å². The first-order chi connectivity index (χ1) is 18.0. The Labute approximate surface area is 217 Å². The molecule has 0 unspecified atom stereocenters. The van der Waals surface area contributed by atoms with E-state index in [1.807, 2.05) is 10.7 Å². The van der Waals surface area contributed by atoms with Crippen LogP contribution in [0.5, 0.6) is 5.75 Å². The normalized spacial score (nSPS) is 18.5. The van der Waals surface area contributed by atoms with Crippen molar-refractivity contribution in [3.8, 4) is 23.1 Å². The van der Waals surface area contributed by atoms with E-state index in [9.17, 15) is 18.4 Å². The zero-order chi connectivity index (χ0) is 27.2. The van der Waals surface area contributed by atoms with E-state index in [0.717, 1.165) is 21.1 Å². The summed E-state index contributed by atoms with van der Waals surface area (Å²) in [4.78, 5) is 4.47. The van der Waals surface area contributed by atoms with Gasteiger partial charge < -0.3 is 10.1 Å². The molecule has 1 aliphatic rings. The summed E-state index contributed by atoms with van der Waals surface area (Å²) in [5.41, 5.74) is 0.551. The third-order valence-corrected chi connectivity index (χ3v) is 6.90. The van der Waals surface area contributed by atoms with Crippen LogP contribution in [-0.4, -0.2) is 47.5 Å². The van der Waals surface area contributed by atoms with Crippen LogP contribution >= 0.6 is 0 Å². The van der Waals surface area contributed by atoms with Crippen molar-refractivity contribution in [2.75, 3.05) is 12.4 Å². The molecule has 0 saturated heterocycles. The zero-order valence-corrected chi connectivity index (χ0v) is 21.5. The Morgan fingerprint density at radius 3 is 2.50 bits per heavy atom. The summed E-state index contributed by atoms with van der Waals surface area (Å²) in [7, 11) is 3.23.